The van der Waals surface area contributed by atoms with Gasteiger partial charge in [0.25, 0.3) is 5.91 Å². The summed E-state index contributed by atoms with van der Waals surface area (Å²) in [6.07, 6.45) is 0.00921. The van der Waals surface area contributed by atoms with E-state index in [1.807, 2.05) is 13.0 Å². The summed E-state index contributed by atoms with van der Waals surface area (Å²) in [4.78, 5) is 29.5. The Labute approximate surface area is 222 Å². The number of nitrogens with two attached hydrogens (primary N) is 2. The van der Waals surface area contributed by atoms with E-state index in [9.17, 15) is 23.1 Å². The number of anilines is 3. The van der Waals surface area contributed by atoms with E-state index in [1.54, 1.807) is 11.0 Å². The predicted molar refractivity (Wildman–Crippen MR) is 141 cm³/mol. The van der Waals surface area contributed by atoms with E-state index >= 15 is 0 Å². The lowest BCUT2D eigenvalue weighted by atomic mass is 9.91. The number of rotatable bonds is 5. The Bertz CT molecular complexity index is 1310. The first-order chi connectivity index (χ1) is 18.3. The standard InChI is InChI=1S/C25H30F3N9O2/c1-23(29)6-9-36(10-7-23)18-3-2-8-31-21(18)35-22(39)24(30)14-32-17(11-33-24)20-16(25(26,27)28)4-5-19(34-20)37-12-15(38)13-37/h2-5,8,11,14-15,33,38H,6-7,9-10,12-13,29-30H2,1H3,(H,31,35,39). The molecule has 0 bridgehead atoms. The molecule has 0 saturated carbocycles. The minimum atomic E-state index is -4.69. The van der Waals surface area contributed by atoms with E-state index in [4.69, 9.17) is 11.5 Å². The SMILES string of the molecule is CC1(N)CCN(c2cccnc2NC(=O)C2(N)C=NC(c3nc(N4CC(O)C4)ccc3C(F)(F)F)=CN2)CC1. The van der Waals surface area contributed by atoms with Gasteiger partial charge in [-0.3, -0.25) is 15.5 Å². The fourth-order valence-corrected chi connectivity index (χ4v) is 4.60. The van der Waals surface area contributed by atoms with E-state index in [0.29, 0.717) is 24.6 Å². The van der Waals surface area contributed by atoms with Gasteiger partial charge in [0.15, 0.2) is 5.82 Å². The zero-order valence-electron chi connectivity index (χ0n) is 21.2. The minimum Gasteiger partial charge on any atom is -0.389 e. The van der Waals surface area contributed by atoms with Gasteiger partial charge in [0.05, 0.1) is 23.6 Å². The topological polar surface area (TPSA) is 158 Å². The van der Waals surface area contributed by atoms with Crippen LogP contribution in [0.3, 0.4) is 0 Å². The van der Waals surface area contributed by atoms with Crippen molar-refractivity contribution in [3.05, 3.63) is 47.9 Å². The lowest BCUT2D eigenvalue weighted by Crippen LogP contribution is -2.62. The van der Waals surface area contributed by atoms with Crippen molar-refractivity contribution in [3.63, 3.8) is 0 Å². The highest BCUT2D eigenvalue weighted by atomic mass is 19.4. The number of aliphatic hydroxyl groups excluding tert-OH is 1. The quantitative estimate of drug-likeness (QED) is 0.373. The van der Waals surface area contributed by atoms with Gasteiger partial charge in [-0.25, -0.2) is 9.97 Å². The number of aliphatic imine (C=N–C) groups is 1. The maximum absolute atomic E-state index is 13.8. The van der Waals surface area contributed by atoms with Crippen molar-refractivity contribution in [2.24, 2.45) is 16.5 Å². The summed E-state index contributed by atoms with van der Waals surface area (Å²) in [5.41, 5.74) is 9.54. The summed E-state index contributed by atoms with van der Waals surface area (Å²) in [5, 5.41) is 14.9. The van der Waals surface area contributed by atoms with Crippen LogP contribution in [0.1, 0.15) is 31.0 Å². The molecule has 2 saturated heterocycles. The molecule has 1 unspecified atom stereocenters. The maximum Gasteiger partial charge on any atom is 0.418 e. The van der Waals surface area contributed by atoms with E-state index in [1.165, 1.54) is 12.3 Å². The van der Waals surface area contributed by atoms with Gasteiger partial charge in [-0.1, -0.05) is 0 Å². The van der Waals surface area contributed by atoms with Crippen LogP contribution in [0.15, 0.2) is 41.7 Å². The molecule has 14 heteroatoms. The van der Waals surface area contributed by atoms with Crippen molar-refractivity contribution < 1.29 is 23.1 Å². The highest BCUT2D eigenvalue weighted by Crippen LogP contribution is 2.37. The molecule has 1 atom stereocenters. The number of pyridine rings is 2. The molecular formula is C25H30F3N9O2. The monoisotopic (exact) mass is 545 g/mol. The third kappa shape index (κ3) is 5.53. The van der Waals surface area contributed by atoms with Crippen LogP contribution in [0.4, 0.5) is 30.5 Å². The van der Waals surface area contributed by atoms with Gasteiger partial charge in [0.2, 0.25) is 5.66 Å². The second kappa shape index (κ2) is 9.77. The van der Waals surface area contributed by atoms with Gasteiger partial charge in [-0.15, -0.1) is 0 Å². The normalized spacial score (nSPS) is 23.1. The number of amides is 1. The summed E-state index contributed by atoms with van der Waals surface area (Å²) >= 11 is 0. The Balaban J connectivity index is 1.34. The van der Waals surface area contributed by atoms with Crippen molar-refractivity contribution in [1.29, 1.82) is 0 Å². The largest absolute Gasteiger partial charge is 0.418 e. The molecule has 0 radical (unpaired) electrons. The zero-order valence-corrected chi connectivity index (χ0v) is 21.2. The third-order valence-corrected chi connectivity index (χ3v) is 7.11. The maximum atomic E-state index is 13.8. The highest BCUT2D eigenvalue weighted by molar-refractivity contribution is 6.11. The number of carbonyl (C=O) groups is 1. The number of hydrogen-bond acceptors (Lipinski definition) is 10. The molecule has 208 valence electrons. The Morgan fingerprint density at radius 1 is 1.18 bits per heavy atom. The molecule has 1 amide bonds. The van der Waals surface area contributed by atoms with E-state index in [-0.39, 0.29) is 30.1 Å². The number of carbonyl (C=O) groups excluding carboxylic acids is 1. The van der Waals surface area contributed by atoms with Crippen molar-refractivity contribution in [2.75, 3.05) is 41.3 Å². The van der Waals surface area contributed by atoms with E-state index in [2.05, 4.69) is 30.5 Å². The number of aliphatic hydroxyl groups is 1. The molecule has 0 aliphatic carbocycles. The van der Waals surface area contributed by atoms with Gasteiger partial charge in [0.1, 0.15) is 17.2 Å². The molecule has 5 heterocycles. The molecule has 5 rings (SSSR count). The fourth-order valence-electron chi connectivity index (χ4n) is 4.60. The number of aromatic nitrogens is 2. The number of nitrogens with zero attached hydrogens (tertiary/aromatic N) is 5. The van der Waals surface area contributed by atoms with Crippen LogP contribution in [0, 0.1) is 0 Å². The van der Waals surface area contributed by atoms with Crippen molar-refractivity contribution in [2.45, 2.75) is 43.2 Å². The number of β-amino-alcohol motifs (C(OH)–C–C–N with tert-alkyl or cyclic N) is 1. The van der Waals surface area contributed by atoms with Crippen molar-refractivity contribution in [3.8, 4) is 0 Å². The molecule has 2 fully saturated rings. The first-order valence-electron chi connectivity index (χ1n) is 12.5. The molecule has 0 spiro atoms. The van der Waals surface area contributed by atoms with Gasteiger partial charge in [-0.05, 0) is 44.0 Å². The van der Waals surface area contributed by atoms with Crippen LogP contribution < -0.4 is 31.9 Å². The number of piperidine rings is 1. The number of nitrogens with one attached hydrogen (secondary N) is 2. The van der Waals surface area contributed by atoms with Crippen LogP contribution in [0.5, 0.6) is 0 Å². The number of halogens is 3. The molecule has 11 nitrogen and oxygen atoms in total. The van der Waals surface area contributed by atoms with Gasteiger partial charge < -0.3 is 31.3 Å². The molecule has 2 aromatic heterocycles. The second-order valence-electron chi connectivity index (χ2n) is 10.4. The Morgan fingerprint density at radius 3 is 2.51 bits per heavy atom. The van der Waals surface area contributed by atoms with Crippen LogP contribution >= 0.6 is 0 Å². The van der Waals surface area contributed by atoms with Crippen LogP contribution in [0.25, 0.3) is 5.70 Å². The zero-order chi connectivity index (χ0) is 28.0. The van der Waals surface area contributed by atoms with E-state index < -0.39 is 35.1 Å². The fraction of sp³-hybridized carbons (Fsp3) is 0.440. The van der Waals surface area contributed by atoms with Crippen LogP contribution in [-0.4, -0.2) is 70.7 Å². The van der Waals surface area contributed by atoms with Gasteiger partial charge >= 0.3 is 6.18 Å². The summed E-state index contributed by atoms with van der Waals surface area (Å²) < 4.78 is 41.3. The first kappa shape index (κ1) is 26.8. The van der Waals surface area contributed by atoms with Crippen LogP contribution in [-0.2, 0) is 11.0 Å². The highest BCUT2D eigenvalue weighted by Gasteiger charge is 2.39. The third-order valence-electron chi connectivity index (χ3n) is 7.11. The molecule has 2 aromatic rings. The molecule has 3 aliphatic heterocycles. The Hall–Kier alpha value is -3.75. The van der Waals surface area contributed by atoms with Gasteiger partial charge in [-0.2, -0.15) is 13.2 Å². The molecular weight excluding hydrogens is 515 g/mol. The van der Waals surface area contributed by atoms with Crippen LogP contribution in [0.2, 0.25) is 0 Å². The number of hydrogen-bond donors (Lipinski definition) is 5. The number of alkyl halides is 3. The second-order valence-corrected chi connectivity index (χ2v) is 10.4. The summed E-state index contributed by atoms with van der Waals surface area (Å²) in [6, 6.07) is 5.77. The summed E-state index contributed by atoms with van der Waals surface area (Å²) in [5.74, 6) is -0.130. The van der Waals surface area contributed by atoms with Crippen molar-refractivity contribution in [1.82, 2.24) is 15.3 Å². The van der Waals surface area contributed by atoms with Crippen molar-refractivity contribution >= 4 is 35.1 Å². The first-order valence-corrected chi connectivity index (χ1v) is 12.5. The molecule has 0 aromatic carbocycles. The summed E-state index contributed by atoms with van der Waals surface area (Å²) in [6.45, 7) is 3.91. The van der Waals surface area contributed by atoms with Gasteiger partial charge in [0, 0.05) is 44.1 Å². The predicted octanol–water partition coefficient (Wildman–Crippen LogP) is 1.26. The lowest BCUT2D eigenvalue weighted by molar-refractivity contribution is -0.138. The summed E-state index contributed by atoms with van der Waals surface area (Å²) in [7, 11) is 0. The lowest BCUT2D eigenvalue weighted by Gasteiger charge is -2.38. The van der Waals surface area contributed by atoms with E-state index in [0.717, 1.165) is 31.3 Å². The smallest absolute Gasteiger partial charge is 0.389 e. The average molecular weight is 546 g/mol. The Kier molecular flexibility index (Phi) is 6.73. The molecule has 3 aliphatic rings. The Morgan fingerprint density at radius 2 is 1.90 bits per heavy atom. The minimum absolute atomic E-state index is 0.143. The average Bonchev–Trinajstić information content (AvgIpc) is 2.87. The molecule has 39 heavy (non-hydrogen) atoms. The molecule has 7 N–H and O–H groups in total.